The van der Waals surface area contributed by atoms with Gasteiger partial charge in [-0.05, 0) is 17.7 Å². The Morgan fingerprint density at radius 1 is 1.00 bits per heavy atom. The summed E-state index contributed by atoms with van der Waals surface area (Å²) >= 11 is 0. The van der Waals surface area contributed by atoms with E-state index in [0.717, 1.165) is 23.9 Å². The van der Waals surface area contributed by atoms with E-state index in [0.29, 0.717) is 11.3 Å². The molecule has 3 aromatic rings. The van der Waals surface area contributed by atoms with Gasteiger partial charge in [0.1, 0.15) is 0 Å². The molecule has 156 valence electrons. The number of methoxy groups -OCH3 is 1. The Balaban J connectivity index is 2.08. The van der Waals surface area contributed by atoms with E-state index in [9.17, 15) is 14.9 Å². The second-order valence-corrected chi connectivity index (χ2v) is 6.80. The van der Waals surface area contributed by atoms with Crippen LogP contribution < -0.4 is 0 Å². The van der Waals surface area contributed by atoms with Crippen LogP contribution in [0.5, 0.6) is 0 Å². The van der Waals surface area contributed by atoms with E-state index in [-0.39, 0.29) is 0 Å². The number of carbonyl (C=O) groups is 1. The number of nitrogens with zero attached hydrogens (tertiary/aromatic N) is 2. The van der Waals surface area contributed by atoms with Crippen LogP contribution in [0, 0.1) is 10.1 Å². The molecule has 0 aliphatic carbocycles. The molecule has 3 aromatic carbocycles. The largest absolute Gasteiger partial charge is 0.464 e. The highest BCUT2D eigenvalue weighted by Gasteiger charge is 2.39. The average molecular weight is 414 g/mol. The summed E-state index contributed by atoms with van der Waals surface area (Å²) in [5.74, 6) is -1.77. The summed E-state index contributed by atoms with van der Waals surface area (Å²) in [6, 6.07) is 25.0. The van der Waals surface area contributed by atoms with Crippen molar-refractivity contribution in [1.82, 2.24) is 0 Å². The second-order valence-electron chi connectivity index (χ2n) is 6.80. The second kappa shape index (κ2) is 10.1. The van der Waals surface area contributed by atoms with Gasteiger partial charge in [-0.2, -0.15) is 0 Å². The zero-order valence-corrected chi connectivity index (χ0v) is 17.0. The number of hydrogen-bond acceptors (Lipinski definition) is 5. The Labute approximate surface area is 180 Å². The van der Waals surface area contributed by atoms with Crippen molar-refractivity contribution < 1.29 is 14.5 Å². The molecule has 0 N–H and O–H groups in total. The van der Waals surface area contributed by atoms with E-state index in [2.05, 4.69) is 11.3 Å². The van der Waals surface area contributed by atoms with Crippen molar-refractivity contribution in [3.63, 3.8) is 0 Å². The molecule has 0 aliphatic rings. The lowest BCUT2D eigenvalue weighted by molar-refractivity contribution is -0.512. The summed E-state index contributed by atoms with van der Waals surface area (Å²) in [5.41, 5.74) is 3.82. The number of carbonyl (C=O) groups excluding carboxylic acids is 1. The molecule has 3 rings (SSSR count). The van der Waals surface area contributed by atoms with E-state index in [1.54, 1.807) is 18.2 Å². The number of nitro groups is 1. The molecule has 6 nitrogen and oxygen atoms in total. The Morgan fingerprint density at radius 3 is 2.06 bits per heavy atom. The zero-order chi connectivity index (χ0) is 22.2. The molecular weight excluding hydrogens is 392 g/mol. The van der Waals surface area contributed by atoms with Crippen molar-refractivity contribution in [2.24, 2.45) is 4.99 Å². The number of aliphatic imine (C=N–C) groups is 1. The predicted molar refractivity (Wildman–Crippen MR) is 120 cm³/mol. The third-order valence-corrected chi connectivity index (χ3v) is 4.85. The minimum atomic E-state index is -1.58. The van der Waals surface area contributed by atoms with Gasteiger partial charge in [-0.15, -0.1) is 6.58 Å². The van der Waals surface area contributed by atoms with Gasteiger partial charge < -0.3 is 4.74 Å². The monoisotopic (exact) mass is 414 g/mol. The SMILES string of the molecule is C=CC(c1cccc(N=C(c2ccccc2)c2ccccc2)c1)C(C(=O)OC)[N+](=O)[O-]. The molecule has 0 radical (unpaired) electrons. The lowest BCUT2D eigenvalue weighted by atomic mass is 9.91. The van der Waals surface area contributed by atoms with E-state index in [1.165, 1.54) is 6.08 Å². The smallest absolute Gasteiger partial charge is 0.382 e. The van der Waals surface area contributed by atoms with Crippen molar-refractivity contribution in [3.05, 3.63) is 124 Å². The molecule has 6 heteroatoms. The third-order valence-electron chi connectivity index (χ3n) is 4.85. The van der Waals surface area contributed by atoms with Gasteiger partial charge in [0, 0.05) is 16.1 Å². The van der Waals surface area contributed by atoms with E-state index < -0.39 is 22.9 Å². The molecule has 0 bridgehead atoms. The van der Waals surface area contributed by atoms with Gasteiger partial charge in [0.2, 0.25) is 0 Å². The molecule has 0 amide bonds. The minimum absolute atomic E-state index is 0.559. The van der Waals surface area contributed by atoms with Crippen LogP contribution in [0.3, 0.4) is 0 Å². The first-order chi connectivity index (χ1) is 15.0. The molecule has 2 unspecified atom stereocenters. The van der Waals surface area contributed by atoms with Gasteiger partial charge in [-0.25, -0.2) is 9.79 Å². The Morgan fingerprint density at radius 2 is 1.58 bits per heavy atom. The van der Waals surface area contributed by atoms with Crippen LogP contribution in [0.2, 0.25) is 0 Å². The molecule has 0 fully saturated rings. The Hall–Kier alpha value is -4.06. The van der Waals surface area contributed by atoms with E-state index in [1.807, 2.05) is 66.7 Å². The van der Waals surface area contributed by atoms with Crippen LogP contribution in [-0.2, 0) is 9.53 Å². The summed E-state index contributed by atoms with van der Waals surface area (Å²) in [5, 5.41) is 11.5. The van der Waals surface area contributed by atoms with Crippen molar-refractivity contribution >= 4 is 17.4 Å². The van der Waals surface area contributed by atoms with Crippen LogP contribution in [-0.4, -0.2) is 29.8 Å². The third kappa shape index (κ3) is 5.11. The molecule has 31 heavy (non-hydrogen) atoms. The number of hydrogen-bond donors (Lipinski definition) is 0. The van der Waals surface area contributed by atoms with Gasteiger partial charge in [-0.1, -0.05) is 78.9 Å². The van der Waals surface area contributed by atoms with Gasteiger partial charge >= 0.3 is 12.0 Å². The molecule has 0 aromatic heterocycles. The van der Waals surface area contributed by atoms with Crippen LogP contribution in [0.4, 0.5) is 5.69 Å². The quantitative estimate of drug-likeness (QED) is 0.172. The molecule has 2 atom stereocenters. The number of rotatable bonds is 8. The number of ether oxygens (including phenoxy) is 1. The maximum Gasteiger partial charge on any atom is 0.382 e. The van der Waals surface area contributed by atoms with Crippen molar-refractivity contribution in [2.45, 2.75) is 12.0 Å². The van der Waals surface area contributed by atoms with E-state index >= 15 is 0 Å². The molecule has 0 saturated heterocycles. The average Bonchev–Trinajstić information content (AvgIpc) is 2.81. The Kier molecular flexibility index (Phi) is 7.06. The van der Waals surface area contributed by atoms with Gasteiger partial charge in [0.25, 0.3) is 0 Å². The zero-order valence-electron chi connectivity index (χ0n) is 17.0. The van der Waals surface area contributed by atoms with E-state index in [4.69, 9.17) is 4.99 Å². The van der Waals surface area contributed by atoms with Crippen LogP contribution in [0.15, 0.2) is 103 Å². The lowest BCUT2D eigenvalue weighted by Crippen LogP contribution is -2.35. The van der Waals surface area contributed by atoms with Gasteiger partial charge in [0.15, 0.2) is 0 Å². The first-order valence-electron chi connectivity index (χ1n) is 9.68. The molecule has 0 spiro atoms. The molecule has 0 aliphatic heterocycles. The fourth-order valence-electron chi connectivity index (χ4n) is 3.35. The maximum absolute atomic E-state index is 12.0. The summed E-state index contributed by atoms with van der Waals surface area (Å²) in [6.07, 6.45) is 1.39. The first-order valence-corrected chi connectivity index (χ1v) is 9.68. The fraction of sp³-hybridized carbons (Fsp3) is 0.120. The number of esters is 1. The van der Waals surface area contributed by atoms with Crippen LogP contribution in [0.1, 0.15) is 22.6 Å². The highest BCUT2D eigenvalue weighted by Crippen LogP contribution is 2.28. The van der Waals surface area contributed by atoms with Crippen molar-refractivity contribution in [2.75, 3.05) is 7.11 Å². The summed E-state index contributed by atoms with van der Waals surface area (Å²) in [6.45, 7) is 3.70. The highest BCUT2D eigenvalue weighted by molar-refractivity contribution is 6.13. The van der Waals surface area contributed by atoms with Gasteiger partial charge in [0.05, 0.1) is 24.4 Å². The predicted octanol–water partition coefficient (Wildman–Crippen LogP) is 4.94. The molecule has 0 heterocycles. The van der Waals surface area contributed by atoms with Crippen LogP contribution in [0.25, 0.3) is 0 Å². The highest BCUT2D eigenvalue weighted by atomic mass is 16.6. The van der Waals surface area contributed by atoms with Gasteiger partial charge in [-0.3, -0.25) is 10.1 Å². The lowest BCUT2D eigenvalue weighted by Gasteiger charge is -2.16. The number of benzene rings is 3. The van der Waals surface area contributed by atoms with Crippen LogP contribution >= 0.6 is 0 Å². The summed E-state index contributed by atoms with van der Waals surface area (Å²) in [7, 11) is 1.13. The normalized spacial score (nSPS) is 12.3. The summed E-state index contributed by atoms with van der Waals surface area (Å²) < 4.78 is 4.63. The van der Waals surface area contributed by atoms with Crippen molar-refractivity contribution in [1.29, 1.82) is 0 Å². The minimum Gasteiger partial charge on any atom is -0.464 e. The Bertz CT molecular complexity index is 1050. The topological polar surface area (TPSA) is 81.8 Å². The first kappa shape index (κ1) is 21.6. The molecule has 0 saturated carbocycles. The fourth-order valence-corrected chi connectivity index (χ4v) is 3.35. The van der Waals surface area contributed by atoms with Crippen molar-refractivity contribution in [3.8, 4) is 0 Å². The maximum atomic E-state index is 12.0. The standard InChI is InChI=1S/C25H22N2O4/c1-3-22(24(27(29)30)25(28)31-2)20-15-10-16-21(17-20)26-23(18-11-6-4-7-12-18)19-13-8-5-9-14-19/h3-17,22,24H,1H2,2H3. The molecular formula is C25H22N2O4. The summed E-state index contributed by atoms with van der Waals surface area (Å²) in [4.78, 5) is 27.8.